The second-order valence-corrected chi connectivity index (χ2v) is 3.84. The lowest BCUT2D eigenvalue weighted by Crippen LogP contribution is -1.87. The first-order chi connectivity index (χ1) is 7.11. The molecule has 0 fully saturated rings. The lowest BCUT2D eigenvalue weighted by Gasteiger charge is -2.03. The number of anilines is 1. The van der Waals surface area contributed by atoms with Gasteiger partial charge in [0.25, 0.3) is 0 Å². The van der Waals surface area contributed by atoms with E-state index in [1.807, 2.05) is 32.0 Å². The van der Waals surface area contributed by atoms with Crippen LogP contribution in [0.4, 0.5) is 5.82 Å². The minimum Gasteiger partial charge on any atom is -0.381 e. The van der Waals surface area contributed by atoms with Crippen LogP contribution in [0.5, 0.6) is 0 Å². The third-order valence-corrected chi connectivity index (χ3v) is 2.90. The molecule has 0 saturated carbocycles. The Hall–Kier alpha value is -1.48. The van der Waals surface area contributed by atoms with Crippen LogP contribution in [0.25, 0.3) is 11.3 Å². The average molecular weight is 223 g/mol. The van der Waals surface area contributed by atoms with Gasteiger partial charge in [-0.15, -0.1) is 0 Å². The summed E-state index contributed by atoms with van der Waals surface area (Å²) in [6.45, 7) is 3.81. The smallest absolute Gasteiger partial charge is 0.173 e. The van der Waals surface area contributed by atoms with Gasteiger partial charge in [0.05, 0.1) is 5.02 Å². The van der Waals surface area contributed by atoms with Gasteiger partial charge in [-0.05, 0) is 25.5 Å². The molecule has 2 aromatic rings. The van der Waals surface area contributed by atoms with Crippen molar-refractivity contribution in [2.45, 2.75) is 13.8 Å². The van der Waals surface area contributed by atoms with Gasteiger partial charge in [0, 0.05) is 11.1 Å². The van der Waals surface area contributed by atoms with E-state index in [0.717, 1.165) is 16.7 Å². The molecule has 0 saturated heterocycles. The van der Waals surface area contributed by atoms with Crippen molar-refractivity contribution in [3.8, 4) is 11.3 Å². The van der Waals surface area contributed by atoms with Crippen LogP contribution < -0.4 is 5.73 Å². The molecule has 0 amide bonds. The molecule has 0 bridgehead atoms. The Morgan fingerprint density at radius 2 is 2.07 bits per heavy atom. The van der Waals surface area contributed by atoms with Crippen LogP contribution >= 0.6 is 11.6 Å². The molecule has 0 aliphatic carbocycles. The molecule has 1 aromatic carbocycles. The van der Waals surface area contributed by atoms with E-state index in [1.54, 1.807) is 0 Å². The molecule has 0 spiro atoms. The Balaban J connectivity index is 2.64. The van der Waals surface area contributed by atoms with E-state index in [0.29, 0.717) is 16.6 Å². The molecule has 15 heavy (non-hydrogen) atoms. The third kappa shape index (κ3) is 1.59. The highest BCUT2D eigenvalue weighted by Crippen LogP contribution is 2.33. The van der Waals surface area contributed by atoms with Crippen LogP contribution in [-0.4, -0.2) is 5.16 Å². The number of halogens is 1. The summed E-state index contributed by atoms with van der Waals surface area (Å²) in [6, 6.07) is 5.76. The summed E-state index contributed by atoms with van der Waals surface area (Å²) < 4.78 is 5.16. The van der Waals surface area contributed by atoms with Gasteiger partial charge in [0.2, 0.25) is 0 Å². The predicted octanol–water partition coefficient (Wildman–Crippen LogP) is 3.19. The Bertz CT molecular complexity index is 505. The second-order valence-electron chi connectivity index (χ2n) is 3.46. The maximum atomic E-state index is 6.18. The number of benzene rings is 1. The number of aromatic nitrogens is 1. The van der Waals surface area contributed by atoms with Crippen molar-refractivity contribution < 1.29 is 4.52 Å². The first-order valence-electron chi connectivity index (χ1n) is 4.58. The molecule has 78 valence electrons. The van der Waals surface area contributed by atoms with Crippen molar-refractivity contribution in [3.05, 3.63) is 34.3 Å². The first kappa shape index (κ1) is 10.1. The van der Waals surface area contributed by atoms with Gasteiger partial charge in [-0.25, -0.2) is 0 Å². The molecule has 2 rings (SSSR count). The van der Waals surface area contributed by atoms with E-state index < -0.39 is 0 Å². The van der Waals surface area contributed by atoms with Gasteiger partial charge in [0.15, 0.2) is 11.6 Å². The summed E-state index contributed by atoms with van der Waals surface area (Å²) in [4.78, 5) is 0. The van der Waals surface area contributed by atoms with Gasteiger partial charge in [-0.1, -0.05) is 28.9 Å². The zero-order valence-corrected chi connectivity index (χ0v) is 9.30. The van der Waals surface area contributed by atoms with E-state index in [4.69, 9.17) is 21.9 Å². The Kier molecular flexibility index (Phi) is 2.40. The average Bonchev–Trinajstić information content (AvgIpc) is 2.53. The van der Waals surface area contributed by atoms with Crippen LogP contribution in [0.15, 0.2) is 22.7 Å². The predicted molar refractivity (Wildman–Crippen MR) is 60.8 cm³/mol. The minimum atomic E-state index is 0.405. The van der Waals surface area contributed by atoms with Crippen molar-refractivity contribution in [1.82, 2.24) is 5.16 Å². The van der Waals surface area contributed by atoms with E-state index in [2.05, 4.69) is 5.16 Å². The zero-order valence-electron chi connectivity index (χ0n) is 8.54. The summed E-state index contributed by atoms with van der Waals surface area (Å²) in [5, 5.41) is 4.38. The minimum absolute atomic E-state index is 0.405. The normalized spacial score (nSPS) is 10.6. The molecule has 1 aromatic heterocycles. The molecule has 1 heterocycles. The van der Waals surface area contributed by atoms with Crippen molar-refractivity contribution in [1.29, 1.82) is 0 Å². The molecule has 2 N–H and O–H groups in total. The Morgan fingerprint density at radius 1 is 1.33 bits per heavy atom. The van der Waals surface area contributed by atoms with Gasteiger partial charge >= 0.3 is 0 Å². The SMILES string of the molecule is Cc1cccc(-c2onc(N)c2C)c1Cl. The molecule has 3 nitrogen and oxygen atoms in total. The number of hydrogen-bond acceptors (Lipinski definition) is 3. The summed E-state index contributed by atoms with van der Waals surface area (Å²) in [7, 11) is 0. The van der Waals surface area contributed by atoms with Crippen molar-refractivity contribution >= 4 is 17.4 Å². The highest BCUT2D eigenvalue weighted by atomic mass is 35.5. The fourth-order valence-electron chi connectivity index (χ4n) is 1.42. The van der Waals surface area contributed by atoms with Crippen molar-refractivity contribution in [2.75, 3.05) is 5.73 Å². The highest BCUT2D eigenvalue weighted by Gasteiger charge is 2.14. The fourth-order valence-corrected chi connectivity index (χ4v) is 1.63. The van der Waals surface area contributed by atoms with Crippen LogP contribution in [-0.2, 0) is 0 Å². The summed E-state index contributed by atoms with van der Waals surface area (Å²) in [5.41, 5.74) is 8.28. The van der Waals surface area contributed by atoms with E-state index in [9.17, 15) is 0 Å². The van der Waals surface area contributed by atoms with Crippen LogP contribution in [0.2, 0.25) is 5.02 Å². The third-order valence-electron chi connectivity index (χ3n) is 2.40. The van der Waals surface area contributed by atoms with Crippen LogP contribution in [0.3, 0.4) is 0 Å². The summed E-state index contributed by atoms with van der Waals surface area (Å²) >= 11 is 6.18. The van der Waals surface area contributed by atoms with E-state index in [-0.39, 0.29) is 0 Å². The molecule has 4 heteroatoms. The number of hydrogen-bond donors (Lipinski definition) is 1. The molecule has 0 aliphatic heterocycles. The maximum Gasteiger partial charge on any atom is 0.173 e. The van der Waals surface area contributed by atoms with Gasteiger partial charge in [0.1, 0.15) is 0 Å². The van der Waals surface area contributed by atoms with E-state index in [1.165, 1.54) is 0 Å². The Labute approximate surface area is 92.8 Å². The fraction of sp³-hybridized carbons (Fsp3) is 0.182. The van der Waals surface area contributed by atoms with Crippen molar-refractivity contribution in [3.63, 3.8) is 0 Å². The molecule has 0 unspecified atom stereocenters. The second kappa shape index (κ2) is 3.59. The largest absolute Gasteiger partial charge is 0.381 e. The number of aryl methyl sites for hydroxylation is 1. The van der Waals surface area contributed by atoms with Gasteiger partial charge < -0.3 is 10.3 Å². The zero-order chi connectivity index (χ0) is 11.0. The monoisotopic (exact) mass is 222 g/mol. The molecule has 0 aliphatic rings. The number of nitrogens with zero attached hydrogens (tertiary/aromatic N) is 1. The van der Waals surface area contributed by atoms with Gasteiger partial charge in [-0.3, -0.25) is 0 Å². The van der Waals surface area contributed by atoms with E-state index >= 15 is 0 Å². The van der Waals surface area contributed by atoms with Crippen LogP contribution in [0, 0.1) is 13.8 Å². The molecular formula is C11H11ClN2O. The topological polar surface area (TPSA) is 52.0 Å². The number of nitrogen functional groups attached to an aromatic ring is 1. The molecule has 0 atom stereocenters. The lowest BCUT2D eigenvalue weighted by molar-refractivity contribution is 0.435. The van der Waals surface area contributed by atoms with Crippen LogP contribution in [0.1, 0.15) is 11.1 Å². The highest BCUT2D eigenvalue weighted by molar-refractivity contribution is 6.34. The first-order valence-corrected chi connectivity index (χ1v) is 4.96. The molecule has 0 radical (unpaired) electrons. The standard InChI is InChI=1S/C11H11ClN2O/c1-6-4-3-5-8(9(6)12)10-7(2)11(13)14-15-10/h3-5H,1-2H3,(H2,13,14). The number of nitrogens with two attached hydrogens (primary N) is 1. The quantitative estimate of drug-likeness (QED) is 0.806. The summed E-state index contributed by atoms with van der Waals surface area (Å²) in [5.74, 6) is 1.05. The summed E-state index contributed by atoms with van der Waals surface area (Å²) in [6.07, 6.45) is 0. The molecular weight excluding hydrogens is 212 g/mol. The number of rotatable bonds is 1. The maximum absolute atomic E-state index is 6.18. The Morgan fingerprint density at radius 3 is 2.67 bits per heavy atom. The lowest BCUT2D eigenvalue weighted by atomic mass is 10.1. The van der Waals surface area contributed by atoms with Gasteiger partial charge in [-0.2, -0.15) is 0 Å². The van der Waals surface area contributed by atoms with Crippen molar-refractivity contribution in [2.24, 2.45) is 0 Å².